The number of nitro groups is 1. The number of benzene rings is 3. The van der Waals surface area contributed by atoms with Crippen LogP contribution < -0.4 is 24.3 Å². The fraction of sp³-hybridized carbons (Fsp3) is 0.148. The Morgan fingerprint density at radius 2 is 1.46 bits per heavy atom. The maximum atomic E-state index is 12.6. The highest BCUT2D eigenvalue weighted by Gasteiger charge is 2.15. The normalized spacial score (nSPS) is 10.9. The largest absolute Gasteiger partial charge is 0.503 e. The Hall–Kier alpha value is -4.99. The predicted molar refractivity (Wildman–Crippen MR) is 140 cm³/mol. The fourth-order valence-electron chi connectivity index (χ4n) is 3.45. The summed E-state index contributed by atoms with van der Waals surface area (Å²) in [6.07, 6.45) is 6.22. The van der Waals surface area contributed by atoms with Gasteiger partial charge in [0.15, 0.2) is 23.0 Å². The number of aromatic hydroxyl groups is 1. The molecule has 2 N–H and O–H groups in total. The molecule has 0 saturated carbocycles. The van der Waals surface area contributed by atoms with Gasteiger partial charge < -0.3 is 29.4 Å². The van der Waals surface area contributed by atoms with Gasteiger partial charge in [0.2, 0.25) is 11.7 Å². The van der Waals surface area contributed by atoms with Crippen LogP contribution in [0, 0.1) is 10.1 Å². The van der Waals surface area contributed by atoms with Crippen molar-refractivity contribution in [2.24, 2.45) is 0 Å². The van der Waals surface area contributed by atoms with Crippen LogP contribution in [0.25, 0.3) is 18.2 Å². The molecule has 0 unspecified atom stereocenters. The van der Waals surface area contributed by atoms with Crippen LogP contribution in [0.2, 0.25) is 0 Å². The lowest BCUT2D eigenvalue weighted by atomic mass is 10.1. The predicted octanol–water partition coefficient (Wildman–Crippen LogP) is 5.16. The van der Waals surface area contributed by atoms with Gasteiger partial charge in [-0.05, 0) is 53.6 Å². The molecule has 0 saturated heterocycles. The molecule has 192 valence electrons. The van der Waals surface area contributed by atoms with E-state index in [4.69, 9.17) is 18.9 Å². The topological polar surface area (TPSA) is 129 Å². The van der Waals surface area contributed by atoms with Crippen LogP contribution in [-0.2, 0) is 4.79 Å². The summed E-state index contributed by atoms with van der Waals surface area (Å²) < 4.78 is 21.3. The van der Waals surface area contributed by atoms with E-state index in [0.29, 0.717) is 28.4 Å². The number of ether oxygens (including phenoxy) is 4. The molecule has 10 heteroatoms. The third-order valence-corrected chi connectivity index (χ3v) is 5.31. The van der Waals surface area contributed by atoms with E-state index in [9.17, 15) is 20.0 Å². The maximum Gasteiger partial charge on any atom is 0.269 e. The number of carbonyl (C=O) groups is 1. The number of hydrogen-bond donors (Lipinski definition) is 2. The SMILES string of the molecule is COc1ccc(C=Cc2cc(OC)c(OC)c(OC)c2)c(NC(=O)/C=C/c2ccc([N+](=O)[O-])cc2)c1O. The summed E-state index contributed by atoms with van der Waals surface area (Å²) in [7, 11) is 5.95. The molecule has 0 atom stereocenters. The molecule has 0 radical (unpaired) electrons. The summed E-state index contributed by atoms with van der Waals surface area (Å²) in [6, 6.07) is 12.5. The molecule has 3 aromatic rings. The number of non-ortho nitro benzene ring substituents is 1. The number of nitrogens with zero attached hydrogens (tertiary/aromatic N) is 1. The lowest BCUT2D eigenvalue weighted by Gasteiger charge is -2.14. The third-order valence-electron chi connectivity index (χ3n) is 5.31. The van der Waals surface area contributed by atoms with Crippen molar-refractivity contribution in [3.05, 3.63) is 81.4 Å². The highest BCUT2D eigenvalue weighted by Crippen LogP contribution is 2.40. The van der Waals surface area contributed by atoms with E-state index in [-0.39, 0.29) is 22.9 Å². The lowest BCUT2D eigenvalue weighted by Crippen LogP contribution is -2.09. The van der Waals surface area contributed by atoms with Gasteiger partial charge in [-0.2, -0.15) is 0 Å². The number of nitrogens with one attached hydrogen (secondary N) is 1. The van der Waals surface area contributed by atoms with Crippen LogP contribution in [0.1, 0.15) is 16.7 Å². The van der Waals surface area contributed by atoms with Gasteiger partial charge >= 0.3 is 0 Å². The van der Waals surface area contributed by atoms with E-state index in [2.05, 4.69) is 5.32 Å². The second-order valence-corrected chi connectivity index (χ2v) is 7.54. The van der Waals surface area contributed by atoms with Crippen molar-refractivity contribution in [2.45, 2.75) is 0 Å². The van der Waals surface area contributed by atoms with Crippen molar-refractivity contribution < 1.29 is 33.8 Å². The van der Waals surface area contributed by atoms with E-state index in [1.165, 1.54) is 64.9 Å². The minimum atomic E-state index is -0.524. The van der Waals surface area contributed by atoms with Gasteiger partial charge in [0.1, 0.15) is 0 Å². The maximum absolute atomic E-state index is 12.6. The van der Waals surface area contributed by atoms with Crippen molar-refractivity contribution >= 4 is 35.5 Å². The number of methoxy groups -OCH3 is 4. The molecule has 0 spiro atoms. The standard InChI is InChI=1S/C27H26N2O8/c1-34-21-13-10-19(9-5-18-15-22(35-2)27(37-4)23(16-18)36-3)25(26(21)31)28-24(30)14-8-17-6-11-20(12-7-17)29(32)33/h5-16,31H,1-4H3,(H,28,30)/b9-5?,14-8+. The Balaban J connectivity index is 1.90. The number of carbonyl (C=O) groups excluding carboxylic acids is 1. The molecule has 0 bridgehead atoms. The van der Waals surface area contributed by atoms with E-state index < -0.39 is 10.8 Å². The number of amides is 1. The highest BCUT2D eigenvalue weighted by atomic mass is 16.6. The van der Waals surface area contributed by atoms with E-state index in [1.54, 1.807) is 36.4 Å². The van der Waals surface area contributed by atoms with Crippen LogP contribution in [0.4, 0.5) is 11.4 Å². The van der Waals surface area contributed by atoms with Crippen molar-refractivity contribution in [3.8, 4) is 28.7 Å². The van der Waals surface area contributed by atoms with Crippen LogP contribution in [0.5, 0.6) is 28.7 Å². The van der Waals surface area contributed by atoms with Crippen molar-refractivity contribution in [2.75, 3.05) is 33.8 Å². The zero-order valence-corrected chi connectivity index (χ0v) is 20.7. The minimum Gasteiger partial charge on any atom is -0.503 e. The Labute approximate surface area is 213 Å². The Kier molecular flexibility index (Phi) is 8.71. The van der Waals surface area contributed by atoms with Gasteiger partial charge in [-0.3, -0.25) is 14.9 Å². The second kappa shape index (κ2) is 12.1. The molecule has 0 fully saturated rings. The van der Waals surface area contributed by atoms with E-state index in [1.807, 2.05) is 0 Å². The number of anilines is 1. The highest BCUT2D eigenvalue weighted by molar-refractivity contribution is 6.04. The molecule has 0 aliphatic heterocycles. The average Bonchev–Trinajstić information content (AvgIpc) is 2.91. The number of rotatable bonds is 10. The molecular formula is C27H26N2O8. The second-order valence-electron chi connectivity index (χ2n) is 7.54. The Morgan fingerprint density at radius 3 is 2.00 bits per heavy atom. The number of phenols is 1. The smallest absolute Gasteiger partial charge is 0.269 e. The van der Waals surface area contributed by atoms with Gasteiger partial charge in [0.25, 0.3) is 5.69 Å². The summed E-state index contributed by atoms with van der Waals surface area (Å²) in [5, 5.41) is 24.2. The first kappa shape index (κ1) is 26.6. The molecular weight excluding hydrogens is 480 g/mol. The third kappa shape index (κ3) is 6.37. The minimum absolute atomic E-state index is 0.0496. The number of hydrogen-bond acceptors (Lipinski definition) is 8. The first-order valence-electron chi connectivity index (χ1n) is 10.9. The number of phenolic OH excluding ortho intramolecular Hbond substituents is 1. The number of nitro benzene ring substituents is 1. The van der Waals surface area contributed by atoms with Gasteiger partial charge in [-0.1, -0.05) is 12.2 Å². The summed E-state index contributed by atoms with van der Waals surface area (Å²) >= 11 is 0. The van der Waals surface area contributed by atoms with Gasteiger partial charge in [-0.25, -0.2) is 0 Å². The van der Waals surface area contributed by atoms with E-state index >= 15 is 0 Å². The van der Waals surface area contributed by atoms with Gasteiger partial charge in [-0.15, -0.1) is 0 Å². The van der Waals surface area contributed by atoms with Gasteiger partial charge in [0.05, 0.1) is 39.0 Å². The van der Waals surface area contributed by atoms with Crippen LogP contribution in [0.15, 0.2) is 54.6 Å². The Bertz CT molecular complexity index is 1320. The zero-order valence-electron chi connectivity index (χ0n) is 20.7. The Morgan fingerprint density at radius 1 is 0.838 bits per heavy atom. The van der Waals surface area contributed by atoms with E-state index in [0.717, 1.165) is 5.56 Å². The van der Waals surface area contributed by atoms with Crippen LogP contribution in [0.3, 0.4) is 0 Å². The molecule has 0 aromatic heterocycles. The molecule has 0 aliphatic rings. The van der Waals surface area contributed by atoms with Crippen molar-refractivity contribution in [1.82, 2.24) is 0 Å². The van der Waals surface area contributed by atoms with Crippen molar-refractivity contribution in [1.29, 1.82) is 0 Å². The summed E-state index contributed by atoms with van der Waals surface area (Å²) in [5.74, 6) is 0.820. The van der Waals surface area contributed by atoms with Gasteiger partial charge in [0, 0.05) is 23.8 Å². The van der Waals surface area contributed by atoms with Crippen LogP contribution >= 0.6 is 0 Å². The first-order valence-corrected chi connectivity index (χ1v) is 10.9. The zero-order chi connectivity index (χ0) is 26.9. The molecule has 0 aliphatic carbocycles. The fourth-order valence-corrected chi connectivity index (χ4v) is 3.45. The molecule has 1 amide bonds. The summed E-state index contributed by atoms with van der Waals surface area (Å²) in [4.78, 5) is 22.9. The average molecular weight is 507 g/mol. The lowest BCUT2D eigenvalue weighted by molar-refractivity contribution is -0.384. The molecule has 3 rings (SSSR count). The van der Waals surface area contributed by atoms with Crippen molar-refractivity contribution in [3.63, 3.8) is 0 Å². The summed E-state index contributed by atoms with van der Waals surface area (Å²) in [5.41, 5.74) is 1.91. The molecule has 3 aromatic carbocycles. The summed E-state index contributed by atoms with van der Waals surface area (Å²) in [6.45, 7) is 0. The molecule has 10 nitrogen and oxygen atoms in total. The monoisotopic (exact) mass is 506 g/mol. The first-order chi connectivity index (χ1) is 17.8. The molecule has 37 heavy (non-hydrogen) atoms. The quantitative estimate of drug-likeness (QED) is 0.127. The van der Waals surface area contributed by atoms with Crippen LogP contribution in [-0.4, -0.2) is 44.4 Å². The molecule has 0 heterocycles.